The van der Waals surface area contributed by atoms with E-state index in [1.807, 2.05) is 35.2 Å². The number of nitrogens with zero attached hydrogens (tertiary/aromatic N) is 7. The van der Waals surface area contributed by atoms with E-state index in [1.165, 1.54) is 0 Å². The summed E-state index contributed by atoms with van der Waals surface area (Å²) >= 11 is 3.38. The van der Waals surface area contributed by atoms with Crippen molar-refractivity contribution in [2.45, 2.75) is 12.8 Å². The number of rotatable bonds is 5. The molecule has 0 aliphatic carbocycles. The molecule has 0 spiro atoms. The number of para-hydroxylation sites is 1. The van der Waals surface area contributed by atoms with Crippen molar-refractivity contribution >= 4 is 38.8 Å². The van der Waals surface area contributed by atoms with Gasteiger partial charge in [-0.05, 0) is 18.6 Å². The van der Waals surface area contributed by atoms with Gasteiger partial charge in [-0.25, -0.2) is 9.97 Å². The molecule has 27 heavy (non-hydrogen) atoms. The predicted molar refractivity (Wildman–Crippen MR) is 106 cm³/mol. The highest BCUT2D eigenvalue weighted by Gasteiger charge is 2.24. The number of piperazine rings is 1. The van der Waals surface area contributed by atoms with Crippen LogP contribution in [0.2, 0.25) is 0 Å². The maximum Gasteiger partial charge on any atom is 0.222 e. The van der Waals surface area contributed by atoms with Gasteiger partial charge >= 0.3 is 0 Å². The second kappa shape index (κ2) is 7.99. The van der Waals surface area contributed by atoms with Crippen LogP contribution < -0.4 is 4.90 Å². The fraction of sp³-hybridized carbons (Fsp3) is 0.389. The van der Waals surface area contributed by atoms with E-state index in [9.17, 15) is 4.79 Å². The predicted octanol–water partition coefficient (Wildman–Crippen LogP) is 2.03. The number of fused-ring (bicyclic) bond motifs is 1. The molecule has 9 heteroatoms. The van der Waals surface area contributed by atoms with E-state index >= 15 is 0 Å². The zero-order valence-electron chi connectivity index (χ0n) is 14.8. The molecule has 0 N–H and O–H groups in total. The van der Waals surface area contributed by atoms with Gasteiger partial charge < -0.3 is 9.80 Å². The van der Waals surface area contributed by atoms with Crippen molar-refractivity contribution in [3.63, 3.8) is 0 Å². The topological polar surface area (TPSA) is 80.0 Å². The third-order valence-electron chi connectivity index (χ3n) is 4.68. The van der Waals surface area contributed by atoms with Crippen LogP contribution in [0.3, 0.4) is 0 Å². The number of aromatic nitrogens is 5. The highest BCUT2D eigenvalue weighted by atomic mass is 79.9. The quantitative estimate of drug-likeness (QED) is 0.577. The average molecular weight is 430 g/mol. The second-order valence-corrected chi connectivity index (χ2v) is 7.16. The summed E-state index contributed by atoms with van der Waals surface area (Å²) in [5, 5.41) is 9.45. The molecule has 0 saturated carbocycles. The number of anilines is 1. The molecule has 0 radical (unpaired) electrons. The largest absolute Gasteiger partial charge is 0.351 e. The molecule has 8 nitrogen and oxygen atoms in total. The normalized spacial score (nSPS) is 14.7. The second-order valence-electron chi connectivity index (χ2n) is 6.37. The molecule has 140 valence electrons. The third kappa shape index (κ3) is 3.64. The van der Waals surface area contributed by atoms with Gasteiger partial charge in [0, 0.05) is 37.9 Å². The fourth-order valence-electron chi connectivity index (χ4n) is 3.26. The van der Waals surface area contributed by atoms with Gasteiger partial charge in [-0.2, -0.15) is 4.68 Å². The van der Waals surface area contributed by atoms with E-state index in [4.69, 9.17) is 0 Å². The number of carbonyl (C=O) groups excluding carboxylic acids is 1. The maximum atomic E-state index is 12.2. The van der Waals surface area contributed by atoms with Crippen LogP contribution in [0.1, 0.15) is 12.8 Å². The number of alkyl halides is 1. The van der Waals surface area contributed by atoms with Crippen molar-refractivity contribution in [1.29, 1.82) is 0 Å². The lowest BCUT2D eigenvalue weighted by Crippen LogP contribution is -2.49. The summed E-state index contributed by atoms with van der Waals surface area (Å²) < 4.78 is 1.72. The summed E-state index contributed by atoms with van der Waals surface area (Å²) in [4.78, 5) is 25.1. The molecule has 3 aromatic rings. The molecule has 0 unspecified atom stereocenters. The van der Waals surface area contributed by atoms with Crippen LogP contribution in [0.15, 0.2) is 36.7 Å². The molecule has 4 rings (SSSR count). The first-order chi connectivity index (χ1) is 13.3. The number of amides is 1. The summed E-state index contributed by atoms with van der Waals surface area (Å²) in [5.41, 5.74) is 2.27. The Morgan fingerprint density at radius 3 is 2.59 bits per heavy atom. The summed E-state index contributed by atoms with van der Waals surface area (Å²) in [6.45, 7) is 2.84. The highest BCUT2D eigenvalue weighted by Crippen LogP contribution is 2.23. The molecule has 0 atom stereocenters. The highest BCUT2D eigenvalue weighted by molar-refractivity contribution is 9.09. The minimum Gasteiger partial charge on any atom is -0.351 e. The van der Waals surface area contributed by atoms with E-state index in [0.29, 0.717) is 30.7 Å². The Kier molecular flexibility index (Phi) is 5.28. The number of benzene rings is 1. The zero-order chi connectivity index (χ0) is 18.6. The van der Waals surface area contributed by atoms with Crippen molar-refractivity contribution in [1.82, 2.24) is 29.9 Å². The first-order valence-electron chi connectivity index (χ1n) is 8.98. The monoisotopic (exact) mass is 429 g/mol. The molecule has 1 saturated heterocycles. The van der Waals surface area contributed by atoms with Crippen LogP contribution in [0.25, 0.3) is 16.9 Å². The van der Waals surface area contributed by atoms with Gasteiger partial charge in [0.05, 0.1) is 5.69 Å². The van der Waals surface area contributed by atoms with Crippen molar-refractivity contribution in [2.24, 2.45) is 0 Å². The molecule has 1 aromatic carbocycles. The Morgan fingerprint density at radius 1 is 1.07 bits per heavy atom. The molecule has 0 bridgehead atoms. The molecule has 3 heterocycles. The van der Waals surface area contributed by atoms with Gasteiger partial charge in [0.25, 0.3) is 0 Å². The van der Waals surface area contributed by atoms with E-state index < -0.39 is 0 Å². The van der Waals surface area contributed by atoms with Crippen molar-refractivity contribution in [3.05, 3.63) is 36.7 Å². The van der Waals surface area contributed by atoms with Gasteiger partial charge in [-0.1, -0.05) is 39.3 Å². The molecule has 2 aromatic heterocycles. The number of hydrogen-bond acceptors (Lipinski definition) is 6. The molecule has 1 aliphatic rings. The maximum absolute atomic E-state index is 12.2. The molecule has 1 fully saturated rings. The van der Waals surface area contributed by atoms with Gasteiger partial charge in [0.15, 0.2) is 17.0 Å². The SMILES string of the molecule is O=C(CCCBr)N1CCN(c2ncnc3c2nnn3-c2ccccc2)CC1. The molecule has 1 amide bonds. The van der Waals surface area contributed by atoms with E-state index in [2.05, 4.69) is 41.1 Å². The smallest absolute Gasteiger partial charge is 0.222 e. The van der Waals surface area contributed by atoms with Crippen molar-refractivity contribution < 1.29 is 4.79 Å². The van der Waals surface area contributed by atoms with Gasteiger partial charge in [-0.3, -0.25) is 4.79 Å². The van der Waals surface area contributed by atoms with Crippen LogP contribution in [-0.2, 0) is 4.79 Å². The first-order valence-corrected chi connectivity index (χ1v) is 10.1. The summed E-state index contributed by atoms with van der Waals surface area (Å²) in [7, 11) is 0. The van der Waals surface area contributed by atoms with E-state index in [0.717, 1.165) is 36.3 Å². The summed E-state index contributed by atoms with van der Waals surface area (Å²) in [6, 6.07) is 9.80. The molecular formula is C18H20BrN7O. The fourth-order valence-corrected chi connectivity index (χ4v) is 3.54. The standard InChI is InChI=1S/C18H20BrN7O/c19-8-4-7-15(27)24-9-11-25(12-10-24)17-16-18(21-13-20-17)26(23-22-16)14-5-2-1-3-6-14/h1-3,5-6,13H,4,7-12H2. The Labute approximate surface area is 165 Å². The molecular weight excluding hydrogens is 410 g/mol. The van der Waals surface area contributed by atoms with E-state index in [1.54, 1.807) is 11.0 Å². The van der Waals surface area contributed by atoms with Gasteiger partial charge in [-0.15, -0.1) is 5.10 Å². The van der Waals surface area contributed by atoms with Gasteiger partial charge in [0.2, 0.25) is 5.91 Å². The minimum absolute atomic E-state index is 0.219. The lowest BCUT2D eigenvalue weighted by Gasteiger charge is -2.35. The van der Waals surface area contributed by atoms with Crippen LogP contribution in [0.4, 0.5) is 5.82 Å². The Bertz CT molecular complexity index is 922. The van der Waals surface area contributed by atoms with Gasteiger partial charge in [0.1, 0.15) is 6.33 Å². The number of carbonyl (C=O) groups is 1. The Balaban J connectivity index is 1.54. The minimum atomic E-state index is 0.219. The zero-order valence-corrected chi connectivity index (χ0v) is 16.4. The third-order valence-corrected chi connectivity index (χ3v) is 5.24. The van der Waals surface area contributed by atoms with Crippen molar-refractivity contribution in [3.8, 4) is 5.69 Å². The first kappa shape index (κ1) is 17.8. The summed E-state index contributed by atoms with van der Waals surface area (Å²) in [5.74, 6) is 0.992. The lowest BCUT2D eigenvalue weighted by molar-refractivity contribution is -0.131. The Hall–Kier alpha value is -2.55. The average Bonchev–Trinajstić information content (AvgIpc) is 3.17. The van der Waals surface area contributed by atoms with Crippen LogP contribution >= 0.6 is 15.9 Å². The van der Waals surface area contributed by atoms with E-state index in [-0.39, 0.29) is 5.91 Å². The van der Waals surface area contributed by atoms with Crippen LogP contribution in [-0.4, -0.2) is 67.3 Å². The number of hydrogen-bond donors (Lipinski definition) is 0. The Morgan fingerprint density at radius 2 is 1.85 bits per heavy atom. The van der Waals surface area contributed by atoms with Crippen LogP contribution in [0, 0.1) is 0 Å². The lowest BCUT2D eigenvalue weighted by atomic mass is 10.2. The number of halogens is 1. The van der Waals surface area contributed by atoms with Crippen LogP contribution in [0.5, 0.6) is 0 Å². The van der Waals surface area contributed by atoms with Crippen molar-refractivity contribution in [2.75, 3.05) is 36.4 Å². The molecule has 1 aliphatic heterocycles. The summed E-state index contributed by atoms with van der Waals surface area (Å²) in [6.07, 6.45) is 3.01.